The highest BCUT2D eigenvalue weighted by atomic mass is 16.4. The number of aliphatic hydroxyl groups is 2. The summed E-state index contributed by atoms with van der Waals surface area (Å²) >= 11 is 0. The Balaban J connectivity index is 3.00. The van der Waals surface area contributed by atoms with Gasteiger partial charge in [-0.1, -0.05) is 32.0 Å². The number of rotatable bonds is 6. The summed E-state index contributed by atoms with van der Waals surface area (Å²) in [5.74, 6) is -0.376. The number of anilines is 1. The van der Waals surface area contributed by atoms with Gasteiger partial charge in [0.1, 0.15) is 0 Å². The zero-order valence-electron chi connectivity index (χ0n) is 11.1. The molecular weight excluding hydrogens is 230 g/mol. The first kappa shape index (κ1) is 14.7. The molecule has 4 nitrogen and oxygen atoms in total. The Morgan fingerprint density at radius 3 is 2.22 bits per heavy atom. The van der Waals surface area contributed by atoms with Crippen molar-refractivity contribution in [2.45, 2.75) is 44.9 Å². The Bertz CT molecular complexity index is 403. The highest BCUT2D eigenvalue weighted by Gasteiger charge is 2.49. The maximum absolute atomic E-state index is 11.9. The van der Waals surface area contributed by atoms with E-state index >= 15 is 0 Å². The van der Waals surface area contributed by atoms with Gasteiger partial charge < -0.3 is 15.5 Å². The van der Waals surface area contributed by atoms with Gasteiger partial charge in [0.15, 0.2) is 17.1 Å². The fourth-order valence-corrected chi connectivity index (χ4v) is 2.01. The molecule has 1 aromatic carbocycles. The van der Waals surface area contributed by atoms with Crippen LogP contribution in [0.5, 0.6) is 0 Å². The minimum atomic E-state index is -1.79. The van der Waals surface area contributed by atoms with Crippen molar-refractivity contribution >= 4 is 11.5 Å². The fraction of sp³-hybridized carbons (Fsp3) is 0.500. The van der Waals surface area contributed by atoms with Crippen LogP contribution in [0.2, 0.25) is 0 Å². The van der Waals surface area contributed by atoms with Gasteiger partial charge in [0.2, 0.25) is 0 Å². The zero-order valence-corrected chi connectivity index (χ0v) is 11.1. The number of hydrogen-bond donors (Lipinski definition) is 3. The molecule has 0 unspecified atom stereocenters. The first-order valence-electron chi connectivity index (χ1n) is 6.18. The summed E-state index contributed by atoms with van der Waals surface area (Å²) in [5, 5.41) is 23.6. The van der Waals surface area contributed by atoms with Gasteiger partial charge in [-0.05, 0) is 25.5 Å². The minimum absolute atomic E-state index is 0.145. The van der Waals surface area contributed by atoms with Crippen LogP contribution in [0.25, 0.3) is 0 Å². The predicted octanol–water partition coefficient (Wildman–Crippen LogP) is 1.93. The molecule has 0 aliphatic carbocycles. The molecule has 2 atom stereocenters. The van der Waals surface area contributed by atoms with E-state index in [1.54, 1.807) is 26.0 Å². The van der Waals surface area contributed by atoms with E-state index in [4.69, 9.17) is 0 Å². The summed E-state index contributed by atoms with van der Waals surface area (Å²) in [5.41, 5.74) is -2.85. The van der Waals surface area contributed by atoms with Crippen molar-refractivity contribution in [3.63, 3.8) is 0 Å². The predicted molar refractivity (Wildman–Crippen MR) is 71.2 cm³/mol. The van der Waals surface area contributed by atoms with Crippen molar-refractivity contribution in [1.29, 1.82) is 0 Å². The lowest BCUT2D eigenvalue weighted by atomic mass is 9.83. The molecule has 0 heterocycles. The van der Waals surface area contributed by atoms with Gasteiger partial charge in [0.25, 0.3) is 0 Å². The van der Waals surface area contributed by atoms with E-state index in [0.717, 1.165) is 0 Å². The topological polar surface area (TPSA) is 69.6 Å². The van der Waals surface area contributed by atoms with E-state index in [2.05, 4.69) is 5.32 Å². The molecule has 0 saturated carbocycles. The number of para-hydroxylation sites is 1. The fourth-order valence-electron chi connectivity index (χ4n) is 2.01. The van der Waals surface area contributed by atoms with E-state index < -0.39 is 11.3 Å². The lowest BCUT2D eigenvalue weighted by Crippen LogP contribution is -2.61. The largest absolute Gasteiger partial charge is 0.377 e. The van der Waals surface area contributed by atoms with Gasteiger partial charge in [-0.15, -0.1) is 0 Å². The molecule has 1 aromatic rings. The number of ketones is 1. The molecule has 3 N–H and O–H groups in total. The molecule has 18 heavy (non-hydrogen) atoms. The zero-order chi connectivity index (χ0) is 13.8. The maximum atomic E-state index is 11.9. The monoisotopic (exact) mass is 251 g/mol. The van der Waals surface area contributed by atoms with Crippen LogP contribution < -0.4 is 5.32 Å². The molecule has 0 bridgehead atoms. The van der Waals surface area contributed by atoms with Crippen LogP contribution in [0.15, 0.2) is 30.3 Å². The SMILES string of the molecule is CCC(=O)[C@@](O)(CC)[C@](C)(O)Nc1ccccc1. The van der Waals surface area contributed by atoms with Crippen molar-refractivity contribution in [3.8, 4) is 0 Å². The Kier molecular flexibility index (Phi) is 4.48. The van der Waals surface area contributed by atoms with Crippen LogP contribution in [0.3, 0.4) is 0 Å². The third-order valence-electron chi connectivity index (χ3n) is 3.26. The van der Waals surface area contributed by atoms with Crippen LogP contribution in [0, 0.1) is 0 Å². The number of hydrogen-bond acceptors (Lipinski definition) is 4. The van der Waals surface area contributed by atoms with E-state index in [-0.39, 0.29) is 18.6 Å². The molecule has 1 rings (SSSR count). The molecule has 0 aliphatic rings. The first-order chi connectivity index (χ1) is 8.37. The van der Waals surface area contributed by atoms with Crippen molar-refractivity contribution in [3.05, 3.63) is 30.3 Å². The molecule has 0 fully saturated rings. The number of carbonyl (C=O) groups excluding carboxylic acids is 1. The molecule has 0 aliphatic heterocycles. The average Bonchev–Trinajstić information content (AvgIpc) is 2.37. The molecule has 0 radical (unpaired) electrons. The van der Waals surface area contributed by atoms with Crippen molar-refractivity contribution in [2.75, 3.05) is 5.32 Å². The number of benzene rings is 1. The average molecular weight is 251 g/mol. The Morgan fingerprint density at radius 1 is 1.22 bits per heavy atom. The summed E-state index contributed by atoms with van der Waals surface area (Å²) in [7, 11) is 0. The molecule has 0 amide bonds. The minimum Gasteiger partial charge on any atom is -0.377 e. The number of carbonyl (C=O) groups is 1. The van der Waals surface area contributed by atoms with Gasteiger partial charge in [0.05, 0.1) is 0 Å². The summed E-state index contributed by atoms with van der Waals surface area (Å²) in [6.07, 6.45) is 0.323. The lowest BCUT2D eigenvalue weighted by molar-refractivity contribution is -0.164. The quantitative estimate of drug-likeness (QED) is 0.676. The van der Waals surface area contributed by atoms with Gasteiger partial charge in [-0.2, -0.15) is 0 Å². The standard InChI is InChI=1S/C14H21NO3/c1-4-12(16)14(18,5-2)13(3,17)15-11-9-7-6-8-10-11/h6-10,15,17-18H,4-5H2,1-3H3/t13-,14-/m0/s1. The second kappa shape index (κ2) is 5.50. The third-order valence-corrected chi connectivity index (χ3v) is 3.26. The van der Waals surface area contributed by atoms with Gasteiger partial charge in [-0.3, -0.25) is 4.79 Å². The van der Waals surface area contributed by atoms with E-state index in [1.807, 2.05) is 18.2 Å². The van der Waals surface area contributed by atoms with Crippen LogP contribution in [-0.2, 0) is 4.79 Å². The second-order valence-electron chi connectivity index (χ2n) is 4.55. The van der Waals surface area contributed by atoms with Crippen LogP contribution in [-0.4, -0.2) is 27.3 Å². The van der Waals surface area contributed by atoms with Crippen molar-refractivity contribution in [2.24, 2.45) is 0 Å². The van der Waals surface area contributed by atoms with Crippen LogP contribution in [0.1, 0.15) is 33.6 Å². The molecule has 0 aromatic heterocycles. The van der Waals surface area contributed by atoms with Gasteiger partial charge in [0, 0.05) is 12.1 Å². The van der Waals surface area contributed by atoms with E-state index in [9.17, 15) is 15.0 Å². The number of nitrogens with one attached hydrogen (secondary N) is 1. The van der Waals surface area contributed by atoms with Crippen molar-refractivity contribution < 1.29 is 15.0 Å². The highest BCUT2D eigenvalue weighted by molar-refractivity contribution is 5.88. The third kappa shape index (κ3) is 2.71. The summed E-state index contributed by atoms with van der Waals surface area (Å²) in [6.45, 7) is 4.76. The van der Waals surface area contributed by atoms with Crippen LogP contribution in [0.4, 0.5) is 5.69 Å². The van der Waals surface area contributed by atoms with E-state index in [0.29, 0.717) is 5.69 Å². The molecule has 0 saturated heterocycles. The van der Waals surface area contributed by atoms with Crippen LogP contribution >= 0.6 is 0 Å². The Hall–Kier alpha value is -1.39. The first-order valence-corrected chi connectivity index (χ1v) is 6.18. The number of Topliss-reactive ketones (excluding diaryl/α,β-unsaturated/α-hetero) is 1. The summed E-state index contributed by atoms with van der Waals surface area (Å²) < 4.78 is 0. The highest BCUT2D eigenvalue weighted by Crippen LogP contribution is 2.29. The molecule has 100 valence electrons. The maximum Gasteiger partial charge on any atom is 0.169 e. The Labute approximate surface area is 108 Å². The second-order valence-corrected chi connectivity index (χ2v) is 4.55. The molecular formula is C14H21NO3. The Morgan fingerprint density at radius 2 is 1.78 bits per heavy atom. The summed E-state index contributed by atoms with van der Waals surface area (Å²) in [6, 6.07) is 9.00. The van der Waals surface area contributed by atoms with E-state index in [1.165, 1.54) is 6.92 Å². The van der Waals surface area contributed by atoms with Gasteiger partial charge >= 0.3 is 0 Å². The van der Waals surface area contributed by atoms with Crippen molar-refractivity contribution in [1.82, 2.24) is 0 Å². The molecule has 4 heteroatoms. The lowest BCUT2D eigenvalue weighted by Gasteiger charge is -2.40. The normalized spacial score (nSPS) is 17.6. The van der Waals surface area contributed by atoms with Gasteiger partial charge in [-0.25, -0.2) is 0 Å². The summed E-state index contributed by atoms with van der Waals surface area (Å²) in [4.78, 5) is 11.9. The smallest absolute Gasteiger partial charge is 0.169 e. The molecule has 0 spiro atoms.